The Hall–Kier alpha value is -2.15. The first-order valence-corrected chi connectivity index (χ1v) is 7.72. The summed E-state index contributed by atoms with van der Waals surface area (Å²) >= 11 is 0. The van der Waals surface area contributed by atoms with E-state index in [-0.39, 0.29) is 18.2 Å². The molecule has 1 aliphatic rings. The van der Waals surface area contributed by atoms with E-state index in [2.05, 4.69) is 15.6 Å². The molecule has 2 heterocycles. The van der Waals surface area contributed by atoms with Gasteiger partial charge in [-0.25, -0.2) is 4.98 Å². The summed E-state index contributed by atoms with van der Waals surface area (Å²) in [6.07, 6.45) is 1.82. The number of amides is 2. The van der Waals surface area contributed by atoms with Gasteiger partial charge in [0.2, 0.25) is 5.91 Å². The maximum atomic E-state index is 12.9. The fourth-order valence-electron chi connectivity index (χ4n) is 3.13. The van der Waals surface area contributed by atoms with E-state index in [0.29, 0.717) is 24.7 Å². The first-order chi connectivity index (χ1) is 11.1. The number of hydrogen-bond donors (Lipinski definition) is 2. The summed E-state index contributed by atoms with van der Waals surface area (Å²) in [6.45, 7) is 0.933. The Bertz CT molecular complexity index is 578. The second-order valence-corrected chi connectivity index (χ2v) is 5.73. The zero-order valence-corrected chi connectivity index (χ0v) is 13.9. The molecular weight excluding hydrogens is 296 g/mol. The Morgan fingerprint density at radius 1 is 1.39 bits per heavy atom. The van der Waals surface area contributed by atoms with E-state index < -0.39 is 5.54 Å². The molecule has 1 aromatic heterocycles. The molecule has 126 valence electrons. The number of methoxy groups -OCH3 is 1. The van der Waals surface area contributed by atoms with Gasteiger partial charge in [-0.15, -0.1) is 0 Å². The van der Waals surface area contributed by atoms with Crippen molar-refractivity contribution in [2.24, 2.45) is 0 Å². The van der Waals surface area contributed by atoms with Crippen LogP contribution in [0.2, 0.25) is 0 Å². The van der Waals surface area contributed by atoms with Crippen molar-refractivity contribution in [3.05, 3.63) is 23.9 Å². The van der Waals surface area contributed by atoms with Gasteiger partial charge in [-0.05, 0) is 25.0 Å². The summed E-state index contributed by atoms with van der Waals surface area (Å²) in [4.78, 5) is 30.9. The first kappa shape index (κ1) is 17.2. The summed E-state index contributed by atoms with van der Waals surface area (Å²) in [5, 5.41) is 5.56. The van der Waals surface area contributed by atoms with E-state index >= 15 is 0 Å². The van der Waals surface area contributed by atoms with Crippen molar-refractivity contribution >= 4 is 17.6 Å². The minimum absolute atomic E-state index is 0.0984. The number of pyridine rings is 1. The van der Waals surface area contributed by atoms with Gasteiger partial charge in [0, 0.05) is 27.7 Å². The average molecular weight is 320 g/mol. The van der Waals surface area contributed by atoms with Crippen LogP contribution in [-0.2, 0) is 9.53 Å². The smallest absolute Gasteiger partial charge is 0.273 e. The molecule has 23 heavy (non-hydrogen) atoms. The van der Waals surface area contributed by atoms with Crippen LogP contribution in [0.15, 0.2) is 18.2 Å². The van der Waals surface area contributed by atoms with Crippen molar-refractivity contribution in [2.45, 2.75) is 24.8 Å². The molecule has 7 nitrogen and oxygen atoms in total. The molecule has 0 bridgehead atoms. The van der Waals surface area contributed by atoms with Crippen molar-refractivity contribution in [3.8, 4) is 0 Å². The molecule has 0 unspecified atom stereocenters. The number of aromatic nitrogens is 1. The highest BCUT2D eigenvalue weighted by molar-refractivity contribution is 5.94. The minimum atomic E-state index is -0.608. The molecule has 0 spiro atoms. The highest BCUT2D eigenvalue weighted by Crippen LogP contribution is 2.34. The van der Waals surface area contributed by atoms with Crippen molar-refractivity contribution in [1.82, 2.24) is 15.2 Å². The molecule has 1 fully saturated rings. The Balaban J connectivity index is 2.30. The first-order valence-electron chi connectivity index (χ1n) is 7.72. The minimum Gasteiger partial charge on any atom is -0.382 e. The van der Waals surface area contributed by atoms with E-state index in [1.54, 1.807) is 44.3 Å². The Kier molecular flexibility index (Phi) is 5.54. The molecule has 2 amide bonds. The quantitative estimate of drug-likeness (QED) is 0.813. The van der Waals surface area contributed by atoms with Crippen molar-refractivity contribution < 1.29 is 14.3 Å². The van der Waals surface area contributed by atoms with Crippen LogP contribution in [0.3, 0.4) is 0 Å². The number of rotatable bonds is 6. The van der Waals surface area contributed by atoms with E-state index in [1.807, 2.05) is 0 Å². The topological polar surface area (TPSA) is 83.6 Å². The SMILES string of the molecule is CNC(=O)C[C@@]1(COC)CCCN1C(=O)c1cccc(NC)n1. The van der Waals surface area contributed by atoms with E-state index in [0.717, 1.165) is 12.8 Å². The lowest BCUT2D eigenvalue weighted by Gasteiger charge is -2.37. The fraction of sp³-hybridized carbons (Fsp3) is 0.562. The van der Waals surface area contributed by atoms with Gasteiger partial charge in [-0.3, -0.25) is 9.59 Å². The van der Waals surface area contributed by atoms with Gasteiger partial charge in [0.25, 0.3) is 5.91 Å². The lowest BCUT2D eigenvalue weighted by molar-refractivity contribution is -0.123. The highest BCUT2D eigenvalue weighted by Gasteiger charge is 2.45. The van der Waals surface area contributed by atoms with Gasteiger partial charge >= 0.3 is 0 Å². The van der Waals surface area contributed by atoms with Crippen LogP contribution in [0, 0.1) is 0 Å². The maximum absolute atomic E-state index is 12.9. The average Bonchev–Trinajstić information content (AvgIpc) is 2.97. The van der Waals surface area contributed by atoms with Gasteiger partial charge in [0.05, 0.1) is 18.6 Å². The van der Waals surface area contributed by atoms with Crippen LogP contribution < -0.4 is 10.6 Å². The molecule has 1 aromatic rings. The zero-order valence-electron chi connectivity index (χ0n) is 13.9. The van der Waals surface area contributed by atoms with Crippen LogP contribution >= 0.6 is 0 Å². The standard InChI is InChI=1S/C16H24N4O3/c1-17-13-7-4-6-12(19-13)15(22)20-9-5-8-16(20,11-23-3)10-14(21)18-2/h4,6-7H,5,8-11H2,1-3H3,(H,17,19)(H,18,21)/t16-/m1/s1. The van der Waals surface area contributed by atoms with Crippen LogP contribution in [-0.4, -0.2) is 61.6 Å². The van der Waals surface area contributed by atoms with Crippen molar-refractivity contribution in [1.29, 1.82) is 0 Å². The van der Waals surface area contributed by atoms with Crippen LogP contribution in [0.4, 0.5) is 5.82 Å². The van der Waals surface area contributed by atoms with Crippen LogP contribution in [0.1, 0.15) is 29.8 Å². The molecule has 7 heteroatoms. The zero-order chi connectivity index (χ0) is 16.9. The van der Waals surface area contributed by atoms with Crippen LogP contribution in [0.5, 0.6) is 0 Å². The molecule has 0 aromatic carbocycles. The Labute approximate surface area is 136 Å². The third-order valence-corrected chi connectivity index (χ3v) is 4.25. The number of carbonyl (C=O) groups excluding carboxylic acids is 2. The fourth-order valence-corrected chi connectivity index (χ4v) is 3.13. The van der Waals surface area contributed by atoms with E-state index in [1.165, 1.54) is 0 Å². The number of likely N-dealkylation sites (tertiary alicyclic amines) is 1. The molecule has 0 aliphatic carbocycles. The number of hydrogen-bond acceptors (Lipinski definition) is 5. The highest BCUT2D eigenvalue weighted by atomic mass is 16.5. The van der Waals surface area contributed by atoms with Crippen molar-refractivity contribution in [3.63, 3.8) is 0 Å². The summed E-state index contributed by atoms with van der Waals surface area (Å²) < 4.78 is 5.33. The second-order valence-electron chi connectivity index (χ2n) is 5.73. The third kappa shape index (κ3) is 3.61. The van der Waals surface area contributed by atoms with Gasteiger partial charge in [0.1, 0.15) is 11.5 Å². The summed E-state index contributed by atoms with van der Waals surface area (Å²) in [7, 11) is 4.95. The molecule has 1 atom stereocenters. The lowest BCUT2D eigenvalue weighted by atomic mass is 9.92. The molecule has 1 saturated heterocycles. The van der Waals surface area contributed by atoms with Gasteiger partial charge < -0.3 is 20.3 Å². The monoisotopic (exact) mass is 320 g/mol. The molecule has 2 N–H and O–H groups in total. The number of nitrogens with one attached hydrogen (secondary N) is 2. The molecule has 2 rings (SSSR count). The molecule has 1 aliphatic heterocycles. The van der Waals surface area contributed by atoms with Crippen molar-refractivity contribution in [2.75, 3.05) is 39.7 Å². The lowest BCUT2D eigenvalue weighted by Crippen LogP contribution is -2.53. The predicted molar refractivity (Wildman–Crippen MR) is 87.3 cm³/mol. The van der Waals surface area contributed by atoms with Crippen LogP contribution in [0.25, 0.3) is 0 Å². The number of carbonyl (C=O) groups is 2. The normalized spacial score (nSPS) is 20.4. The maximum Gasteiger partial charge on any atom is 0.273 e. The Morgan fingerprint density at radius 3 is 2.83 bits per heavy atom. The molecule has 0 saturated carbocycles. The summed E-state index contributed by atoms with van der Waals surface area (Å²) in [5.74, 6) is 0.373. The molecule has 0 radical (unpaired) electrons. The second kappa shape index (κ2) is 7.41. The molecular formula is C16H24N4O3. The third-order valence-electron chi connectivity index (χ3n) is 4.25. The van der Waals surface area contributed by atoms with Gasteiger partial charge in [-0.2, -0.15) is 0 Å². The van der Waals surface area contributed by atoms with E-state index in [9.17, 15) is 9.59 Å². The van der Waals surface area contributed by atoms with Gasteiger partial charge in [-0.1, -0.05) is 6.07 Å². The Morgan fingerprint density at radius 2 is 2.17 bits per heavy atom. The predicted octanol–water partition coefficient (Wildman–Crippen LogP) is 0.881. The number of anilines is 1. The number of nitrogens with zero attached hydrogens (tertiary/aromatic N) is 2. The van der Waals surface area contributed by atoms with E-state index in [4.69, 9.17) is 4.74 Å². The largest absolute Gasteiger partial charge is 0.382 e. The summed E-state index contributed by atoms with van der Waals surface area (Å²) in [6, 6.07) is 5.28. The van der Waals surface area contributed by atoms with Gasteiger partial charge in [0.15, 0.2) is 0 Å². The number of ether oxygens (including phenoxy) is 1. The summed E-state index contributed by atoms with van der Waals surface area (Å²) in [5.41, 5.74) is -0.236.